The maximum atomic E-state index is 13.6. The molecular formula is C26H24N6O4. The van der Waals surface area contributed by atoms with Crippen LogP contribution in [0.25, 0.3) is 11.4 Å². The molecule has 1 atom stereocenters. The summed E-state index contributed by atoms with van der Waals surface area (Å²) >= 11 is 0. The van der Waals surface area contributed by atoms with Gasteiger partial charge in [0, 0.05) is 23.0 Å². The number of carbonyl (C=O) groups excluding carboxylic acids is 1. The molecular weight excluding hydrogens is 460 g/mol. The Hall–Kier alpha value is -4.86. The third kappa shape index (κ3) is 4.09. The Bertz CT molecular complexity index is 1460. The second-order valence-corrected chi connectivity index (χ2v) is 8.10. The molecule has 0 radical (unpaired) electrons. The van der Waals surface area contributed by atoms with E-state index in [1.165, 1.54) is 0 Å². The highest BCUT2D eigenvalue weighted by Crippen LogP contribution is 2.43. The van der Waals surface area contributed by atoms with Crippen molar-refractivity contribution in [3.63, 3.8) is 0 Å². The van der Waals surface area contributed by atoms with Crippen molar-refractivity contribution in [1.29, 1.82) is 0 Å². The predicted octanol–water partition coefficient (Wildman–Crippen LogP) is 3.99. The minimum Gasteiger partial charge on any atom is -0.508 e. The molecule has 2 aromatic carbocycles. The van der Waals surface area contributed by atoms with Gasteiger partial charge in [-0.1, -0.05) is 24.3 Å². The van der Waals surface area contributed by atoms with Gasteiger partial charge in [0.15, 0.2) is 17.3 Å². The van der Waals surface area contributed by atoms with Gasteiger partial charge in [-0.15, -0.1) is 5.10 Å². The molecule has 3 N–H and O–H groups in total. The van der Waals surface area contributed by atoms with Crippen LogP contribution in [0.1, 0.15) is 18.5 Å². The summed E-state index contributed by atoms with van der Waals surface area (Å²) in [4.78, 5) is 22.4. The number of nitrogens with one attached hydrogen (secondary N) is 2. The first-order chi connectivity index (χ1) is 17.5. The molecule has 10 heteroatoms. The van der Waals surface area contributed by atoms with Crippen molar-refractivity contribution in [2.75, 3.05) is 24.9 Å². The summed E-state index contributed by atoms with van der Waals surface area (Å²) in [5.74, 6) is 1.61. The minimum absolute atomic E-state index is 0.102. The lowest BCUT2D eigenvalue weighted by Gasteiger charge is -2.29. The van der Waals surface area contributed by atoms with Crippen LogP contribution in [0.15, 0.2) is 78.3 Å². The molecule has 182 valence electrons. The molecule has 36 heavy (non-hydrogen) atoms. The fourth-order valence-electron chi connectivity index (χ4n) is 4.26. The van der Waals surface area contributed by atoms with Gasteiger partial charge in [-0.05, 0) is 37.3 Å². The van der Waals surface area contributed by atoms with Gasteiger partial charge < -0.3 is 25.2 Å². The number of aromatic hydroxyl groups is 1. The lowest BCUT2D eigenvalue weighted by atomic mass is 9.94. The van der Waals surface area contributed by atoms with Crippen molar-refractivity contribution in [2.45, 2.75) is 13.0 Å². The van der Waals surface area contributed by atoms with Crippen LogP contribution in [0.3, 0.4) is 0 Å². The zero-order valence-electron chi connectivity index (χ0n) is 19.9. The predicted molar refractivity (Wildman–Crippen MR) is 134 cm³/mol. The van der Waals surface area contributed by atoms with E-state index >= 15 is 0 Å². The quantitative estimate of drug-likeness (QED) is 0.375. The number of anilines is 2. The van der Waals surface area contributed by atoms with Gasteiger partial charge in [0.1, 0.15) is 11.8 Å². The molecule has 2 aromatic heterocycles. The Balaban J connectivity index is 1.67. The number of ether oxygens (including phenoxy) is 2. The number of amides is 1. The Morgan fingerprint density at radius 2 is 1.94 bits per heavy atom. The molecule has 0 bridgehead atoms. The average molecular weight is 485 g/mol. The number of phenolic OH excluding ortho intramolecular Hbond substituents is 1. The molecule has 0 aliphatic carbocycles. The van der Waals surface area contributed by atoms with Gasteiger partial charge in [-0.2, -0.15) is 4.98 Å². The van der Waals surface area contributed by atoms with Crippen molar-refractivity contribution in [1.82, 2.24) is 19.7 Å². The number of carbonyl (C=O) groups is 1. The third-order valence-electron chi connectivity index (χ3n) is 5.85. The second kappa shape index (κ2) is 9.41. The van der Waals surface area contributed by atoms with Crippen LogP contribution in [-0.4, -0.2) is 45.0 Å². The van der Waals surface area contributed by atoms with E-state index in [0.717, 1.165) is 0 Å². The number of hydrogen-bond acceptors (Lipinski definition) is 8. The molecule has 1 aliphatic heterocycles. The molecule has 1 aliphatic rings. The van der Waals surface area contributed by atoms with Gasteiger partial charge in [0.2, 0.25) is 5.95 Å². The number of fused-ring (bicyclic) bond motifs is 1. The summed E-state index contributed by atoms with van der Waals surface area (Å²) < 4.78 is 12.9. The van der Waals surface area contributed by atoms with Crippen LogP contribution in [0.4, 0.5) is 11.6 Å². The van der Waals surface area contributed by atoms with Gasteiger partial charge in [-0.25, -0.2) is 4.68 Å². The van der Waals surface area contributed by atoms with Crippen LogP contribution in [0, 0.1) is 0 Å². The smallest absolute Gasteiger partial charge is 0.255 e. The van der Waals surface area contributed by atoms with Gasteiger partial charge in [0.25, 0.3) is 5.91 Å². The number of benzene rings is 2. The number of hydrogen-bond donors (Lipinski definition) is 3. The summed E-state index contributed by atoms with van der Waals surface area (Å²) in [7, 11) is 3.11. The molecule has 3 heterocycles. The molecule has 1 amide bonds. The average Bonchev–Trinajstić information content (AvgIpc) is 3.31. The van der Waals surface area contributed by atoms with Crippen LogP contribution in [0.5, 0.6) is 17.2 Å². The Morgan fingerprint density at radius 1 is 1.11 bits per heavy atom. The zero-order chi connectivity index (χ0) is 25.2. The number of allylic oxidation sites excluding steroid dienone is 1. The van der Waals surface area contributed by atoms with E-state index in [1.807, 2.05) is 19.1 Å². The summed E-state index contributed by atoms with van der Waals surface area (Å²) in [6, 6.07) is 15.0. The van der Waals surface area contributed by atoms with Crippen molar-refractivity contribution in [3.05, 3.63) is 83.8 Å². The topological polar surface area (TPSA) is 123 Å². The number of para-hydroxylation sites is 1. The number of rotatable bonds is 6. The van der Waals surface area contributed by atoms with E-state index in [2.05, 4.69) is 20.6 Å². The lowest BCUT2D eigenvalue weighted by Crippen LogP contribution is -2.31. The SMILES string of the molecule is COc1cccc(C2C(C(=O)Nc3cccnc3)=C(C)Nc3nc(-c4cccc(O)c4)nn32)c1OC. The highest BCUT2D eigenvalue weighted by atomic mass is 16.5. The van der Waals surface area contributed by atoms with Crippen molar-refractivity contribution in [3.8, 4) is 28.6 Å². The van der Waals surface area contributed by atoms with E-state index in [1.54, 1.807) is 73.8 Å². The molecule has 0 spiro atoms. The highest BCUT2D eigenvalue weighted by Gasteiger charge is 2.37. The molecule has 0 saturated carbocycles. The molecule has 0 fully saturated rings. The Labute approximate surface area is 207 Å². The second-order valence-electron chi connectivity index (χ2n) is 8.10. The summed E-state index contributed by atoms with van der Waals surface area (Å²) in [5.41, 5.74) is 2.89. The van der Waals surface area contributed by atoms with E-state index in [4.69, 9.17) is 14.6 Å². The fraction of sp³-hybridized carbons (Fsp3) is 0.154. The molecule has 0 saturated heterocycles. The van der Waals surface area contributed by atoms with Crippen LogP contribution in [0.2, 0.25) is 0 Å². The monoisotopic (exact) mass is 484 g/mol. The van der Waals surface area contributed by atoms with E-state index in [0.29, 0.717) is 51.4 Å². The number of methoxy groups -OCH3 is 2. The third-order valence-corrected chi connectivity index (χ3v) is 5.85. The summed E-state index contributed by atoms with van der Waals surface area (Å²) in [6.07, 6.45) is 3.21. The standard InChI is InChI=1S/C26H24N6O4/c1-15-21(25(34)29-17-8-6-12-27-14-17)22(19-10-5-11-20(35-2)23(19)36-3)32-26(28-15)30-24(31-32)16-7-4-9-18(33)13-16/h4-14,22,33H,1-3H3,(H,29,34)(H,28,30,31). The van der Waals surface area contributed by atoms with Crippen molar-refractivity contribution >= 4 is 17.5 Å². The van der Waals surface area contributed by atoms with E-state index < -0.39 is 6.04 Å². The maximum Gasteiger partial charge on any atom is 0.255 e. The van der Waals surface area contributed by atoms with Gasteiger partial charge in [-0.3, -0.25) is 9.78 Å². The molecule has 5 rings (SSSR count). The van der Waals surface area contributed by atoms with E-state index in [9.17, 15) is 9.90 Å². The number of pyridine rings is 1. The summed E-state index contributed by atoms with van der Waals surface area (Å²) in [6.45, 7) is 1.81. The molecule has 1 unspecified atom stereocenters. The molecule has 10 nitrogen and oxygen atoms in total. The van der Waals surface area contributed by atoms with E-state index in [-0.39, 0.29) is 11.7 Å². The maximum absolute atomic E-state index is 13.6. The highest BCUT2D eigenvalue weighted by molar-refractivity contribution is 6.06. The van der Waals surface area contributed by atoms with Gasteiger partial charge >= 0.3 is 0 Å². The Morgan fingerprint density at radius 3 is 2.67 bits per heavy atom. The minimum atomic E-state index is -0.693. The van der Waals surface area contributed by atoms with Crippen LogP contribution < -0.4 is 20.1 Å². The largest absolute Gasteiger partial charge is 0.508 e. The normalized spacial score (nSPS) is 14.6. The number of aromatic nitrogens is 4. The van der Waals surface area contributed by atoms with Crippen LogP contribution >= 0.6 is 0 Å². The lowest BCUT2D eigenvalue weighted by molar-refractivity contribution is -0.113. The fourth-order valence-corrected chi connectivity index (χ4v) is 4.26. The van der Waals surface area contributed by atoms with Crippen molar-refractivity contribution < 1.29 is 19.4 Å². The first-order valence-corrected chi connectivity index (χ1v) is 11.2. The molecule has 4 aromatic rings. The zero-order valence-corrected chi connectivity index (χ0v) is 19.9. The van der Waals surface area contributed by atoms with Gasteiger partial charge in [0.05, 0.1) is 31.7 Å². The summed E-state index contributed by atoms with van der Waals surface area (Å²) in [5, 5.41) is 20.8. The first-order valence-electron chi connectivity index (χ1n) is 11.2. The number of phenols is 1. The van der Waals surface area contributed by atoms with Crippen molar-refractivity contribution in [2.24, 2.45) is 0 Å². The van der Waals surface area contributed by atoms with Crippen LogP contribution in [-0.2, 0) is 4.79 Å². The first kappa shape index (κ1) is 22.9. The Kier molecular flexibility index (Phi) is 5.99. The number of nitrogens with zero attached hydrogens (tertiary/aromatic N) is 4.